The van der Waals surface area contributed by atoms with Gasteiger partial charge in [0.05, 0.1) is 24.4 Å². The van der Waals surface area contributed by atoms with Crippen LogP contribution in [0.5, 0.6) is 0 Å². The quantitative estimate of drug-likeness (QED) is 0.929. The molecule has 1 aromatic carbocycles. The Labute approximate surface area is 113 Å². The van der Waals surface area contributed by atoms with E-state index >= 15 is 0 Å². The van der Waals surface area contributed by atoms with Gasteiger partial charge in [0.25, 0.3) is 0 Å². The first-order chi connectivity index (χ1) is 9.50. The molecule has 1 atom stereocenters. The van der Waals surface area contributed by atoms with E-state index in [2.05, 4.69) is 5.32 Å². The molecule has 104 valence electrons. The zero-order chi connectivity index (χ0) is 14.6. The SMILES string of the molecule is N#CC(NCc1ccco1)c1ccc(C(F)(F)F)cc1. The highest BCUT2D eigenvalue weighted by Gasteiger charge is 2.30. The van der Waals surface area contributed by atoms with Crippen molar-refractivity contribution >= 4 is 0 Å². The molecule has 0 saturated carbocycles. The minimum atomic E-state index is -4.37. The third-order valence-electron chi connectivity index (χ3n) is 2.76. The Bertz CT molecular complexity index is 582. The van der Waals surface area contributed by atoms with Gasteiger partial charge in [-0.3, -0.25) is 5.32 Å². The van der Waals surface area contributed by atoms with Gasteiger partial charge in [-0.2, -0.15) is 18.4 Å². The highest BCUT2D eigenvalue weighted by atomic mass is 19.4. The number of hydrogen-bond acceptors (Lipinski definition) is 3. The molecule has 1 aromatic heterocycles. The summed E-state index contributed by atoms with van der Waals surface area (Å²) in [6.07, 6.45) is -2.86. The molecule has 0 saturated heterocycles. The smallest absolute Gasteiger partial charge is 0.416 e. The second-order valence-electron chi connectivity index (χ2n) is 4.14. The lowest BCUT2D eigenvalue weighted by molar-refractivity contribution is -0.137. The average molecular weight is 280 g/mol. The minimum Gasteiger partial charge on any atom is -0.468 e. The van der Waals surface area contributed by atoms with Crippen LogP contribution in [0.3, 0.4) is 0 Å². The summed E-state index contributed by atoms with van der Waals surface area (Å²) in [6, 6.07) is 9.30. The number of alkyl halides is 3. The predicted molar refractivity (Wildman–Crippen MR) is 65.3 cm³/mol. The third kappa shape index (κ3) is 3.39. The monoisotopic (exact) mass is 280 g/mol. The molecule has 0 aliphatic rings. The molecule has 1 heterocycles. The van der Waals surface area contributed by atoms with E-state index in [1.54, 1.807) is 12.1 Å². The molecule has 1 unspecified atom stereocenters. The summed E-state index contributed by atoms with van der Waals surface area (Å²) in [7, 11) is 0. The van der Waals surface area contributed by atoms with Gasteiger partial charge in [0.15, 0.2) is 0 Å². The maximum absolute atomic E-state index is 12.4. The first kappa shape index (κ1) is 14.2. The lowest BCUT2D eigenvalue weighted by Crippen LogP contribution is -2.19. The summed E-state index contributed by atoms with van der Waals surface area (Å²) in [5.41, 5.74) is -0.254. The number of halogens is 3. The zero-order valence-electron chi connectivity index (χ0n) is 10.3. The normalized spacial score (nSPS) is 12.9. The van der Waals surface area contributed by atoms with Gasteiger partial charge >= 0.3 is 6.18 Å². The molecular weight excluding hydrogens is 269 g/mol. The minimum absolute atomic E-state index is 0.326. The Balaban J connectivity index is 2.06. The standard InChI is InChI=1S/C14H11F3N2O/c15-14(16,17)11-5-3-10(4-6-11)13(8-18)19-9-12-2-1-7-20-12/h1-7,13,19H,9H2. The zero-order valence-corrected chi connectivity index (χ0v) is 10.3. The Morgan fingerprint density at radius 1 is 1.20 bits per heavy atom. The van der Waals surface area contributed by atoms with E-state index in [1.807, 2.05) is 6.07 Å². The van der Waals surface area contributed by atoms with Crippen molar-refractivity contribution < 1.29 is 17.6 Å². The van der Waals surface area contributed by atoms with Crippen molar-refractivity contribution in [3.63, 3.8) is 0 Å². The molecule has 2 rings (SSSR count). The first-order valence-electron chi connectivity index (χ1n) is 5.83. The van der Waals surface area contributed by atoms with E-state index in [0.29, 0.717) is 17.9 Å². The highest BCUT2D eigenvalue weighted by Crippen LogP contribution is 2.29. The molecule has 0 fully saturated rings. The number of nitriles is 1. The van der Waals surface area contributed by atoms with Gasteiger partial charge in [-0.25, -0.2) is 0 Å². The number of hydrogen-bond donors (Lipinski definition) is 1. The van der Waals surface area contributed by atoms with Crippen LogP contribution in [0.25, 0.3) is 0 Å². The van der Waals surface area contributed by atoms with Gasteiger partial charge in [0.2, 0.25) is 0 Å². The van der Waals surface area contributed by atoms with E-state index in [9.17, 15) is 13.2 Å². The first-order valence-corrected chi connectivity index (χ1v) is 5.83. The van der Waals surface area contributed by atoms with Crippen LogP contribution in [-0.4, -0.2) is 0 Å². The molecular formula is C14H11F3N2O. The molecule has 1 N–H and O–H groups in total. The maximum Gasteiger partial charge on any atom is 0.416 e. The summed E-state index contributed by atoms with van der Waals surface area (Å²) in [4.78, 5) is 0. The van der Waals surface area contributed by atoms with Gasteiger partial charge in [-0.15, -0.1) is 0 Å². The Morgan fingerprint density at radius 3 is 2.40 bits per heavy atom. The molecule has 0 aliphatic heterocycles. The number of furan rings is 1. The van der Waals surface area contributed by atoms with Crippen LogP contribution in [0, 0.1) is 11.3 Å². The van der Waals surface area contributed by atoms with Gasteiger partial charge in [-0.05, 0) is 29.8 Å². The molecule has 0 radical (unpaired) electrons. The summed E-state index contributed by atoms with van der Waals surface area (Å²) in [5.74, 6) is 0.650. The van der Waals surface area contributed by atoms with Crippen LogP contribution in [0.2, 0.25) is 0 Å². The van der Waals surface area contributed by atoms with Crippen molar-refractivity contribution in [3.05, 3.63) is 59.5 Å². The molecule has 0 amide bonds. The van der Waals surface area contributed by atoms with Crippen LogP contribution in [0.1, 0.15) is 22.9 Å². The van der Waals surface area contributed by atoms with Crippen molar-refractivity contribution in [2.45, 2.75) is 18.8 Å². The lowest BCUT2D eigenvalue weighted by Gasteiger charge is -2.12. The van der Waals surface area contributed by atoms with Crippen molar-refractivity contribution in [2.75, 3.05) is 0 Å². The number of nitrogens with zero attached hydrogens (tertiary/aromatic N) is 1. The third-order valence-corrected chi connectivity index (χ3v) is 2.76. The summed E-state index contributed by atoms with van der Waals surface area (Å²) in [6.45, 7) is 0.326. The second kappa shape index (κ2) is 5.80. The topological polar surface area (TPSA) is 49.0 Å². The maximum atomic E-state index is 12.4. The fourth-order valence-corrected chi connectivity index (χ4v) is 1.72. The molecule has 0 aliphatic carbocycles. The molecule has 0 spiro atoms. The number of nitrogens with one attached hydrogen (secondary N) is 1. The van der Waals surface area contributed by atoms with Crippen molar-refractivity contribution in [1.82, 2.24) is 5.32 Å². The van der Waals surface area contributed by atoms with Crippen molar-refractivity contribution in [2.24, 2.45) is 0 Å². The van der Waals surface area contributed by atoms with E-state index in [1.165, 1.54) is 18.4 Å². The second-order valence-corrected chi connectivity index (χ2v) is 4.14. The largest absolute Gasteiger partial charge is 0.468 e. The average Bonchev–Trinajstić information content (AvgIpc) is 2.92. The van der Waals surface area contributed by atoms with Crippen LogP contribution in [0.4, 0.5) is 13.2 Å². The van der Waals surface area contributed by atoms with E-state index in [-0.39, 0.29) is 0 Å². The van der Waals surface area contributed by atoms with E-state index in [0.717, 1.165) is 12.1 Å². The number of rotatable bonds is 4. The molecule has 20 heavy (non-hydrogen) atoms. The van der Waals surface area contributed by atoms with Crippen LogP contribution in [-0.2, 0) is 12.7 Å². The van der Waals surface area contributed by atoms with E-state index in [4.69, 9.17) is 9.68 Å². The van der Waals surface area contributed by atoms with E-state index < -0.39 is 17.8 Å². The molecule has 0 bridgehead atoms. The Kier molecular flexibility index (Phi) is 4.11. The molecule has 3 nitrogen and oxygen atoms in total. The van der Waals surface area contributed by atoms with Crippen LogP contribution >= 0.6 is 0 Å². The van der Waals surface area contributed by atoms with Crippen LogP contribution in [0.15, 0.2) is 47.1 Å². The highest BCUT2D eigenvalue weighted by molar-refractivity contribution is 5.29. The Morgan fingerprint density at radius 2 is 1.90 bits per heavy atom. The fourth-order valence-electron chi connectivity index (χ4n) is 1.72. The predicted octanol–water partition coefficient (Wildman–Crippen LogP) is 3.65. The molecule has 2 aromatic rings. The van der Waals surface area contributed by atoms with Gasteiger partial charge < -0.3 is 4.42 Å². The lowest BCUT2D eigenvalue weighted by atomic mass is 10.1. The van der Waals surface area contributed by atoms with Gasteiger partial charge in [-0.1, -0.05) is 12.1 Å². The summed E-state index contributed by atoms with van der Waals surface area (Å²) < 4.78 is 42.4. The Hall–Kier alpha value is -2.26. The van der Waals surface area contributed by atoms with Crippen molar-refractivity contribution in [1.29, 1.82) is 5.26 Å². The van der Waals surface area contributed by atoms with Crippen LogP contribution < -0.4 is 5.32 Å². The number of benzene rings is 1. The fraction of sp³-hybridized carbons (Fsp3) is 0.214. The van der Waals surface area contributed by atoms with Gasteiger partial charge in [0, 0.05) is 0 Å². The molecule has 6 heteroatoms. The van der Waals surface area contributed by atoms with Gasteiger partial charge in [0.1, 0.15) is 11.8 Å². The summed E-state index contributed by atoms with van der Waals surface area (Å²) >= 11 is 0. The summed E-state index contributed by atoms with van der Waals surface area (Å²) in [5, 5.41) is 12.0. The van der Waals surface area contributed by atoms with Crippen molar-refractivity contribution in [3.8, 4) is 6.07 Å².